The van der Waals surface area contributed by atoms with Crippen LogP contribution in [0.2, 0.25) is 0 Å². The molecule has 0 saturated carbocycles. The van der Waals surface area contributed by atoms with Crippen LogP contribution in [0, 0.1) is 6.07 Å². The van der Waals surface area contributed by atoms with Gasteiger partial charge in [-0.3, -0.25) is 0 Å². The molecule has 0 fully saturated rings. The highest BCUT2D eigenvalue weighted by Gasteiger charge is 2.37. The Hall–Kier alpha value is -0.683. The molecule has 0 spiro atoms. The molecule has 1 rings (SSSR count). The normalized spacial score (nSPS) is 11.6. The summed E-state index contributed by atoms with van der Waals surface area (Å²) in [5.74, 6) is 0. The minimum absolute atomic E-state index is 0.650. The van der Waals surface area contributed by atoms with Crippen LogP contribution in [0.25, 0.3) is 0 Å². The Morgan fingerprint density at radius 3 is 2.21 bits per heavy atom. The van der Waals surface area contributed by atoms with Crippen LogP contribution in [-0.4, -0.2) is 30.1 Å². The fourth-order valence-electron chi connectivity index (χ4n) is 1.24. The fraction of sp³-hybridized carbons (Fsp3) is 0.400. The van der Waals surface area contributed by atoms with E-state index in [9.17, 15) is 0 Å². The first-order chi connectivity index (χ1) is 6.76. The maximum atomic E-state index is 5.31. The zero-order chi connectivity index (χ0) is 10.4. The zero-order valence-electron chi connectivity index (χ0n) is 8.74. The van der Waals surface area contributed by atoms with Crippen LogP contribution in [0.4, 0.5) is 0 Å². The number of hydrogen-bond acceptors (Lipinski definition) is 3. The monoisotopic (exact) mass is 211 g/mol. The summed E-state index contributed by atoms with van der Waals surface area (Å²) in [7, 11) is 2.35. The van der Waals surface area contributed by atoms with Gasteiger partial charge in [-0.1, -0.05) is 24.3 Å². The van der Waals surface area contributed by atoms with Crippen molar-refractivity contribution >= 4 is 8.80 Å². The molecule has 0 N–H and O–H groups in total. The van der Waals surface area contributed by atoms with E-state index < -0.39 is 8.80 Å². The van der Waals surface area contributed by atoms with Gasteiger partial charge in [0, 0.05) is 27.4 Å². The van der Waals surface area contributed by atoms with Gasteiger partial charge in [0.1, 0.15) is 0 Å². The second kappa shape index (κ2) is 5.26. The number of benzene rings is 1. The summed E-state index contributed by atoms with van der Waals surface area (Å²) in [4.78, 5) is 0. The van der Waals surface area contributed by atoms with Crippen molar-refractivity contribution in [2.24, 2.45) is 0 Å². The van der Waals surface area contributed by atoms with E-state index in [1.54, 1.807) is 21.3 Å². The molecule has 0 aromatic heterocycles. The lowest BCUT2D eigenvalue weighted by atomic mass is 10.2. The third-order valence-electron chi connectivity index (χ3n) is 2.11. The molecular formula is C10H15O3Si. The highest BCUT2D eigenvalue weighted by atomic mass is 28.4. The largest absolute Gasteiger partial charge is 0.504 e. The van der Waals surface area contributed by atoms with E-state index in [1.807, 2.05) is 24.3 Å². The quantitative estimate of drug-likeness (QED) is 0.690. The lowest BCUT2D eigenvalue weighted by Crippen LogP contribution is -2.45. The fourth-order valence-corrected chi connectivity index (χ4v) is 2.86. The van der Waals surface area contributed by atoms with Gasteiger partial charge in [0.25, 0.3) is 0 Å². The van der Waals surface area contributed by atoms with Gasteiger partial charge in [-0.15, -0.1) is 0 Å². The van der Waals surface area contributed by atoms with Crippen LogP contribution >= 0.6 is 0 Å². The van der Waals surface area contributed by atoms with E-state index in [1.165, 1.54) is 0 Å². The Morgan fingerprint density at radius 2 is 1.79 bits per heavy atom. The molecule has 4 heteroatoms. The van der Waals surface area contributed by atoms with Gasteiger partial charge >= 0.3 is 8.80 Å². The predicted octanol–water partition coefficient (Wildman–Crippen LogP) is 1.45. The molecule has 77 valence electrons. The summed E-state index contributed by atoms with van der Waals surface area (Å²) in [6, 6.07) is 11.5. The molecule has 1 aromatic carbocycles. The lowest BCUT2D eigenvalue weighted by molar-refractivity contribution is 0.122. The Balaban J connectivity index is 2.74. The van der Waals surface area contributed by atoms with Crippen molar-refractivity contribution in [2.45, 2.75) is 6.04 Å². The summed E-state index contributed by atoms with van der Waals surface area (Å²) < 4.78 is 15.9. The molecule has 0 bridgehead atoms. The molecule has 0 saturated heterocycles. The van der Waals surface area contributed by atoms with Crippen molar-refractivity contribution in [3.8, 4) is 0 Å². The summed E-state index contributed by atoms with van der Waals surface area (Å²) in [6.07, 6.45) is 0. The summed E-state index contributed by atoms with van der Waals surface area (Å²) in [6.45, 7) is 0. The second-order valence-electron chi connectivity index (χ2n) is 2.86. The first kappa shape index (κ1) is 11.4. The summed E-state index contributed by atoms with van der Waals surface area (Å²) >= 11 is 0. The van der Waals surface area contributed by atoms with Gasteiger partial charge in [0.05, 0.1) is 0 Å². The summed E-state index contributed by atoms with van der Waals surface area (Å²) in [5, 5.41) is 0. The third kappa shape index (κ3) is 2.65. The third-order valence-corrected chi connectivity index (χ3v) is 4.79. The van der Waals surface area contributed by atoms with Crippen LogP contribution < -0.4 is 0 Å². The van der Waals surface area contributed by atoms with E-state index in [2.05, 4.69) is 6.07 Å². The minimum atomic E-state index is -2.49. The molecule has 0 aliphatic heterocycles. The topological polar surface area (TPSA) is 27.7 Å². The van der Waals surface area contributed by atoms with E-state index in [-0.39, 0.29) is 0 Å². The first-order valence-electron chi connectivity index (χ1n) is 4.37. The van der Waals surface area contributed by atoms with E-state index in [0.29, 0.717) is 6.04 Å². The molecule has 0 heterocycles. The Kier molecular flexibility index (Phi) is 4.28. The number of hydrogen-bond donors (Lipinski definition) is 0. The second-order valence-corrected chi connectivity index (χ2v) is 5.80. The Labute approximate surface area is 86.0 Å². The van der Waals surface area contributed by atoms with Crippen molar-refractivity contribution in [1.82, 2.24) is 0 Å². The molecule has 14 heavy (non-hydrogen) atoms. The van der Waals surface area contributed by atoms with Crippen LogP contribution in [0.5, 0.6) is 0 Å². The van der Waals surface area contributed by atoms with Gasteiger partial charge < -0.3 is 13.3 Å². The van der Waals surface area contributed by atoms with Gasteiger partial charge in [0.15, 0.2) is 0 Å². The molecule has 1 radical (unpaired) electrons. The molecule has 1 aromatic rings. The molecule has 3 nitrogen and oxygen atoms in total. The van der Waals surface area contributed by atoms with Crippen molar-refractivity contribution in [3.05, 3.63) is 35.9 Å². The average molecular weight is 211 g/mol. The standard InChI is InChI=1S/C10H15O3Si/c1-11-14(12-2,13-3)9-10-7-5-4-6-8-10/h4-7H,9H2,1-3H3. The van der Waals surface area contributed by atoms with Crippen LogP contribution in [0.15, 0.2) is 24.3 Å². The zero-order valence-corrected chi connectivity index (χ0v) is 9.74. The van der Waals surface area contributed by atoms with Gasteiger partial charge in [-0.05, 0) is 11.6 Å². The van der Waals surface area contributed by atoms with Gasteiger partial charge in [0.2, 0.25) is 0 Å². The maximum absolute atomic E-state index is 5.31. The molecular weight excluding hydrogens is 196 g/mol. The highest BCUT2D eigenvalue weighted by Crippen LogP contribution is 2.13. The van der Waals surface area contributed by atoms with Crippen molar-refractivity contribution in [1.29, 1.82) is 0 Å². The Morgan fingerprint density at radius 1 is 1.14 bits per heavy atom. The van der Waals surface area contributed by atoms with Crippen LogP contribution in [0.3, 0.4) is 0 Å². The molecule has 0 amide bonds. The predicted molar refractivity (Wildman–Crippen MR) is 55.8 cm³/mol. The van der Waals surface area contributed by atoms with Crippen molar-refractivity contribution in [3.63, 3.8) is 0 Å². The SMILES string of the molecule is CO[Si](Cc1[c]cccc1)(OC)OC. The molecule has 0 atom stereocenters. The van der Waals surface area contributed by atoms with E-state index in [4.69, 9.17) is 13.3 Å². The van der Waals surface area contributed by atoms with E-state index >= 15 is 0 Å². The maximum Gasteiger partial charge on any atom is 0.504 e. The van der Waals surface area contributed by atoms with Gasteiger partial charge in [-0.25, -0.2) is 0 Å². The van der Waals surface area contributed by atoms with E-state index in [0.717, 1.165) is 5.56 Å². The van der Waals surface area contributed by atoms with Crippen LogP contribution in [-0.2, 0) is 19.3 Å². The first-order valence-corrected chi connectivity index (χ1v) is 6.30. The highest BCUT2D eigenvalue weighted by molar-refractivity contribution is 6.60. The number of rotatable bonds is 5. The van der Waals surface area contributed by atoms with Gasteiger partial charge in [-0.2, -0.15) is 0 Å². The minimum Gasteiger partial charge on any atom is -0.377 e. The van der Waals surface area contributed by atoms with Crippen molar-refractivity contribution < 1.29 is 13.3 Å². The average Bonchev–Trinajstić information content (AvgIpc) is 2.28. The lowest BCUT2D eigenvalue weighted by Gasteiger charge is -2.24. The summed E-state index contributed by atoms with van der Waals surface area (Å²) in [5.41, 5.74) is 1.05. The molecule has 0 aliphatic carbocycles. The molecule has 0 aliphatic rings. The smallest absolute Gasteiger partial charge is 0.377 e. The van der Waals surface area contributed by atoms with Crippen LogP contribution in [0.1, 0.15) is 5.56 Å². The Bertz CT molecular complexity index is 251. The van der Waals surface area contributed by atoms with Crippen molar-refractivity contribution in [2.75, 3.05) is 21.3 Å². The molecule has 0 unspecified atom stereocenters.